The van der Waals surface area contributed by atoms with Gasteiger partial charge in [0, 0.05) is 12.6 Å². The molecule has 0 atom stereocenters. The Morgan fingerprint density at radius 1 is 1.12 bits per heavy atom. The lowest BCUT2D eigenvalue weighted by atomic mass is 10.1. The zero-order valence-electron chi connectivity index (χ0n) is 12.8. The van der Waals surface area contributed by atoms with Gasteiger partial charge in [0.25, 0.3) is 11.8 Å². The van der Waals surface area contributed by atoms with Crippen molar-refractivity contribution in [3.8, 4) is 6.07 Å². The molecule has 0 spiro atoms. The van der Waals surface area contributed by atoms with Crippen LogP contribution in [0.1, 0.15) is 15.9 Å². The number of para-hydroxylation sites is 1. The Morgan fingerprint density at radius 3 is 2.38 bits per heavy atom. The topological polar surface area (TPSA) is 82.0 Å². The number of carbonyl (C=O) groups is 2. The van der Waals surface area contributed by atoms with Crippen molar-refractivity contribution >= 4 is 35.2 Å². The van der Waals surface area contributed by atoms with Crippen molar-refractivity contribution < 1.29 is 9.59 Å². The van der Waals surface area contributed by atoms with Gasteiger partial charge in [-0.15, -0.1) is 0 Å². The summed E-state index contributed by atoms with van der Waals surface area (Å²) < 4.78 is 0. The van der Waals surface area contributed by atoms with Crippen LogP contribution in [0.3, 0.4) is 0 Å². The molecule has 5 nitrogen and oxygen atoms in total. The molecule has 24 heavy (non-hydrogen) atoms. The summed E-state index contributed by atoms with van der Waals surface area (Å²) in [7, 11) is 1.54. The smallest absolute Gasteiger partial charge is 0.266 e. The van der Waals surface area contributed by atoms with Gasteiger partial charge in [-0.25, -0.2) is 0 Å². The van der Waals surface area contributed by atoms with E-state index in [4.69, 9.17) is 11.6 Å². The average Bonchev–Trinajstić information content (AvgIpc) is 2.61. The summed E-state index contributed by atoms with van der Waals surface area (Å²) in [5.41, 5.74) is 1.49. The highest BCUT2D eigenvalue weighted by molar-refractivity contribution is 6.34. The van der Waals surface area contributed by atoms with Crippen molar-refractivity contribution in [2.75, 3.05) is 12.4 Å². The number of rotatable bonds is 4. The van der Waals surface area contributed by atoms with E-state index in [-0.39, 0.29) is 11.5 Å². The molecule has 2 rings (SSSR count). The number of nitriles is 1. The van der Waals surface area contributed by atoms with Gasteiger partial charge >= 0.3 is 0 Å². The minimum absolute atomic E-state index is 0.0670. The van der Waals surface area contributed by atoms with E-state index >= 15 is 0 Å². The number of amides is 2. The zero-order chi connectivity index (χ0) is 17.5. The van der Waals surface area contributed by atoms with Crippen molar-refractivity contribution in [3.05, 3.63) is 70.3 Å². The number of anilines is 1. The van der Waals surface area contributed by atoms with Crippen LogP contribution in [-0.2, 0) is 4.79 Å². The highest BCUT2D eigenvalue weighted by Gasteiger charge is 2.11. The molecule has 2 aromatic carbocycles. The third-order valence-corrected chi connectivity index (χ3v) is 3.53. The van der Waals surface area contributed by atoms with Crippen molar-refractivity contribution in [2.45, 2.75) is 0 Å². The molecule has 0 aliphatic carbocycles. The van der Waals surface area contributed by atoms with Gasteiger partial charge in [-0.3, -0.25) is 9.59 Å². The lowest BCUT2D eigenvalue weighted by molar-refractivity contribution is -0.112. The van der Waals surface area contributed by atoms with Crippen LogP contribution in [0.15, 0.2) is 54.1 Å². The number of hydrogen-bond acceptors (Lipinski definition) is 3. The van der Waals surface area contributed by atoms with Gasteiger partial charge < -0.3 is 10.6 Å². The predicted molar refractivity (Wildman–Crippen MR) is 93.5 cm³/mol. The Morgan fingerprint density at radius 2 is 1.79 bits per heavy atom. The van der Waals surface area contributed by atoms with Gasteiger partial charge in [-0.05, 0) is 35.9 Å². The monoisotopic (exact) mass is 339 g/mol. The molecular formula is C18H14ClN3O2. The standard InChI is InChI=1S/C18H14ClN3O2/c1-21-17(23)13-8-6-12(7-9-13)10-14(11-20)18(24)22-16-5-3-2-4-15(16)19/h2-10H,1H3,(H,21,23)(H,22,24). The first-order chi connectivity index (χ1) is 11.5. The van der Waals surface area contributed by atoms with E-state index in [1.807, 2.05) is 6.07 Å². The lowest BCUT2D eigenvalue weighted by Crippen LogP contribution is -2.17. The van der Waals surface area contributed by atoms with Crippen LogP contribution in [0.25, 0.3) is 6.08 Å². The first-order valence-corrected chi connectivity index (χ1v) is 7.42. The van der Waals surface area contributed by atoms with E-state index in [1.54, 1.807) is 55.6 Å². The number of halogens is 1. The third-order valence-electron chi connectivity index (χ3n) is 3.20. The van der Waals surface area contributed by atoms with Gasteiger partial charge in [-0.1, -0.05) is 35.9 Å². The van der Waals surface area contributed by atoms with Gasteiger partial charge in [0.05, 0.1) is 10.7 Å². The summed E-state index contributed by atoms with van der Waals surface area (Å²) in [5.74, 6) is -0.761. The van der Waals surface area contributed by atoms with Crippen LogP contribution in [0, 0.1) is 11.3 Å². The predicted octanol–water partition coefficient (Wildman–Crippen LogP) is 3.25. The van der Waals surface area contributed by atoms with Crippen LogP contribution in [-0.4, -0.2) is 18.9 Å². The minimum atomic E-state index is -0.555. The van der Waals surface area contributed by atoms with Crippen LogP contribution in [0.4, 0.5) is 5.69 Å². The average molecular weight is 340 g/mol. The molecule has 0 radical (unpaired) electrons. The second-order valence-corrected chi connectivity index (χ2v) is 5.21. The number of nitrogens with zero attached hydrogens (tertiary/aromatic N) is 1. The molecule has 0 bridgehead atoms. The fraction of sp³-hybridized carbons (Fsp3) is 0.0556. The molecule has 0 aromatic heterocycles. The highest BCUT2D eigenvalue weighted by atomic mass is 35.5. The zero-order valence-corrected chi connectivity index (χ0v) is 13.6. The Balaban J connectivity index is 2.20. The van der Waals surface area contributed by atoms with Crippen molar-refractivity contribution in [2.24, 2.45) is 0 Å². The van der Waals surface area contributed by atoms with E-state index in [9.17, 15) is 14.9 Å². The largest absolute Gasteiger partial charge is 0.355 e. The molecule has 0 aliphatic heterocycles. The molecule has 0 fully saturated rings. The van der Waals surface area contributed by atoms with E-state index < -0.39 is 5.91 Å². The van der Waals surface area contributed by atoms with Crippen LogP contribution in [0.5, 0.6) is 0 Å². The van der Waals surface area contributed by atoms with E-state index in [0.29, 0.717) is 21.8 Å². The van der Waals surface area contributed by atoms with E-state index in [0.717, 1.165) is 0 Å². The second-order valence-electron chi connectivity index (χ2n) is 4.80. The molecule has 0 heterocycles. The molecular weight excluding hydrogens is 326 g/mol. The Hall–Kier alpha value is -3.10. The van der Waals surface area contributed by atoms with Crippen molar-refractivity contribution in [3.63, 3.8) is 0 Å². The van der Waals surface area contributed by atoms with Crippen molar-refractivity contribution in [1.29, 1.82) is 5.26 Å². The molecule has 0 aliphatic rings. The van der Waals surface area contributed by atoms with Crippen LogP contribution in [0.2, 0.25) is 5.02 Å². The summed E-state index contributed by atoms with van der Waals surface area (Å²) in [6.07, 6.45) is 1.44. The quantitative estimate of drug-likeness (QED) is 0.662. The second kappa shape index (κ2) is 7.95. The number of nitrogens with one attached hydrogen (secondary N) is 2. The summed E-state index contributed by atoms with van der Waals surface area (Å²) >= 11 is 5.98. The van der Waals surface area contributed by atoms with Gasteiger partial charge in [0.15, 0.2) is 0 Å². The summed E-state index contributed by atoms with van der Waals surface area (Å²) in [4.78, 5) is 23.7. The normalized spacial score (nSPS) is 10.6. The molecule has 0 saturated carbocycles. The lowest BCUT2D eigenvalue weighted by Gasteiger charge is -2.06. The Labute approximate surface area is 144 Å². The van der Waals surface area contributed by atoms with Gasteiger partial charge in [0.1, 0.15) is 11.6 Å². The molecule has 2 aromatic rings. The number of benzene rings is 2. The maximum Gasteiger partial charge on any atom is 0.266 e. The fourth-order valence-corrected chi connectivity index (χ4v) is 2.13. The fourth-order valence-electron chi connectivity index (χ4n) is 1.94. The highest BCUT2D eigenvalue weighted by Crippen LogP contribution is 2.21. The molecule has 2 N–H and O–H groups in total. The molecule has 0 unspecified atom stereocenters. The molecule has 0 saturated heterocycles. The Kier molecular flexibility index (Phi) is 5.72. The maximum absolute atomic E-state index is 12.2. The molecule has 120 valence electrons. The number of hydrogen-bond donors (Lipinski definition) is 2. The molecule has 6 heteroatoms. The summed E-state index contributed by atoms with van der Waals surface area (Å²) in [5, 5.41) is 14.7. The first-order valence-electron chi connectivity index (χ1n) is 7.05. The first kappa shape index (κ1) is 17.3. The maximum atomic E-state index is 12.2. The summed E-state index contributed by atoms with van der Waals surface area (Å²) in [6.45, 7) is 0. The van der Waals surface area contributed by atoms with E-state index in [2.05, 4.69) is 10.6 Å². The SMILES string of the molecule is CNC(=O)c1ccc(C=C(C#N)C(=O)Nc2ccccc2Cl)cc1. The van der Waals surface area contributed by atoms with Crippen LogP contribution < -0.4 is 10.6 Å². The minimum Gasteiger partial charge on any atom is -0.355 e. The van der Waals surface area contributed by atoms with Crippen LogP contribution >= 0.6 is 11.6 Å². The van der Waals surface area contributed by atoms with Gasteiger partial charge in [-0.2, -0.15) is 5.26 Å². The van der Waals surface area contributed by atoms with E-state index in [1.165, 1.54) is 6.08 Å². The molecule has 2 amide bonds. The third kappa shape index (κ3) is 4.22. The summed E-state index contributed by atoms with van der Waals surface area (Å²) in [6, 6.07) is 15.2. The Bertz CT molecular complexity index is 836. The number of carbonyl (C=O) groups excluding carboxylic acids is 2. The van der Waals surface area contributed by atoms with Gasteiger partial charge in [0.2, 0.25) is 0 Å². The van der Waals surface area contributed by atoms with Crippen molar-refractivity contribution in [1.82, 2.24) is 5.32 Å².